The molecule has 2 amide bonds. The van der Waals surface area contributed by atoms with Gasteiger partial charge in [0.15, 0.2) is 0 Å². The average molecular weight is 666 g/mol. The maximum absolute atomic E-state index is 13.3. The molecule has 0 aromatic carbocycles. The van der Waals surface area contributed by atoms with E-state index >= 15 is 0 Å². The fourth-order valence-corrected chi connectivity index (χ4v) is 5.10. The van der Waals surface area contributed by atoms with Crippen LogP contribution in [-0.2, 0) is 19.1 Å². The molecule has 0 heterocycles. The summed E-state index contributed by atoms with van der Waals surface area (Å²) in [6, 6.07) is -0.923. The Kier molecular flexibility index (Phi) is 29.4. The third-order valence-corrected chi connectivity index (χ3v) is 7.76. The smallest absolute Gasteiger partial charge is 0.329 e. The number of esters is 1. The molecule has 5 nitrogen and oxygen atoms in total. The van der Waals surface area contributed by atoms with Crippen LogP contribution < -0.4 is 0 Å². The van der Waals surface area contributed by atoms with E-state index in [1.165, 1.54) is 4.90 Å². The van der Waals surface area contributed by atoms with E-state index < -0.39 is 17.6 Å². The summed E-state index contributed by atoms with van der Waals surface area (Å²) >= 11 is 0. The largest absolute Gasteiger partial charge is 0.458 e. The average Bonchev–Trinajstić information content (AvgIpc) is 3.04. The van der Waals surface area contributed by atoms with Crippen LogP contribution in [0.15, 0.2) is 72.9 Å². The number of unbranched alkanes of at least 4 members (excludes halogenated alkanes) is 10. The van der Waals surface area contributed by atoms with Gasteiger partial charge in [-0.25, -0.2) is 4.79 Å². The number of hydrogen-bond acceptors (Lipinski definition) is 4. The summed E-state index contributed by atoms with van der Waals surface area (Å²) in [5, 5.41) is 0. The van der Waals surface area contributed by atoms with Crippen molar-refractivity contribution in [2.45, 2.75) is 182 Å². The Morgan fingerprint density at radius 1 is 0.521 bits per heavy atom. The lowest BCUT2D eigenvalue weighted by Gasteiger charge is -2.29. The number of carbonyl (C=O) groups excluding carboxylic acids is 3. The second kappa shape index (κ2) is 31.3. The van der Waals surface area contributed by atoms with Crippen molar-refractivity contribution in [3.8, 4) is 0 Å². The zero-order valence-electron chi connectivity index (χ0n) is 31.7. The molecule has 0 spiro atoms. The Balaban J connectivity index is 4.48. The van der Waals surface area contributed by atoms with Gasteiger partial charge in [-0.2, -0.15) is 0 Å². The SMILES string of the molecule is CC/C=C\C/C=C\C/C=C\CCCCCCCC(=O)N(C(=O)CCCCCCC/C=C\C/C=C\C/C=C\CC)C(C)C(=O)OC(C)(C)C. The summed E-state index contributed by atoms with van der Waals surface area (Å²) in [6.45, 7) is 11.3. The predicted octanol–water partition coefficient (Wildman–Crippen LogP) is 12.3. The molecule has 1 atom stereocenters. The molecule has 0 aromatic heterocycles. The van der Waals surface area contributed by atoms with Gasteiger partial charge in [0, 0.05) is 12.8 Å². The monoisotopic (exact) mass is 666 g/mol. The predicted molar refractivity (Wildman–Crippen MR) is 206 cm³/mol. The first-order valence-electron chi connectivity index (χ1n) is 19.1. The van der Waals surface area contributed by atoms with Crippen molar-refractivity contribution >= 4 is 17.8 Å². The molecule has 5 heteroatoms. The van der Waals surface area contributed by atoms with Crippen LogP contribution in [0.2, 0.25) is 0 Å². The van der Waals surface area contributed by atoms with Crippen molar-refractivity contribution in [1.29, 1.82) is 0 Å². The van der Waals surface area contributed by atoms with Gasteiger partial charge in [0.25, 0.3) is 0 Å². The number of ether oxygens (including phenoxy) is 1. The maximum atomic E-state index is 13.3. The van der Waals surface area contributed by atoms with E-state index in [1.54, 1.807) is 27.7 Å². The molecule has 0 N–H and O–H groups in total. The Labute approximate surface area is 295 Å². The van der Waals surface area contributed by atoms with Gasteiger partial charge in [0.05, 0.1) is 0 Å². The summed E-state index contributed by atoms with van der Waals surface area (Å²) in [7, 11) is 0. The standard InChI is InChI=1S/C43H71NO4/c1-7-9-11-13-15-17-19-21-23-25-27-29-31-33-35-37-40(45)44(39(3)42(47)48-43(4,5)6)41(46)38-36-34-32-30-28-26-24-22-20-18-16-14-12-10-8-2/h9-12,15-18,21-24,39H,7-8,13-14,19-20,25-38H2,1-6H3/b11-9-,12-10-,17-15-,18-16-,23-21-,24-22-. The number of imide groups is 1. The van der Waals surface area contributed by atoms with Gasteiger partial charge in [0.2, 0.25) is 11.8 Å². The summed E-state index contributed by atoms with van der Waals surface area (Å²) in [6.07, 6.45) is 45.4. The molecule has 0 radical (unpaired) electrons. The molecule has 0 fully saturated rings. The van der Waals surface area contributed by atoms with E-state index in [9.17, 15) is 14.4 Å². The minimum Gasteiger partial charge on any atom is -0.458 e. The number of rotatable bonds is 28. The third kappa shape index (κ3) is 28.1. The lowest BCUT2D eigenvalue weighted by atomic mass is 10.1. The molecule has 0 saturated heterocycles. The number of nitrogens with zero attached hydrogens (tertiary/aromatic N) is 1. The third-order valence-electron chi connectivity index (χ3n) is 7.76. The second-order valence-corrected chi connectivity index (χ2v) is 13.6. The fourth-order valence-electron chi connectivity index (χ4n) is 5.10. The summed E-state index contributed by atoms with van der Waals surface area (Å²) in [4.78, 5) is 40.5. The normalized spacial score (nSPS) is 13.3. The van der Waals surface area contributed by atoms with Crippen molar-refractivity contribution in [1.82, 2.24) is 4.90 Å². The van der Waals surface area contributed by atoms with E-state index in [0.717, 1.165) is 116 Å². The number of carbonyl (C=O) groups is 3. The zero-order chi connectivity index (χ0) is 35.7. The first kappa shape index (κ1) is 45.0. The van der Waals surface area contributed by atoms with Gasteiger partial charge in [-0.3, -0.25) is 14.5 Å². The second-order valence-electron chi connectivity index (χ2n) is 13.6. The van der Waals surface area contributed by atoms with Crippen molar-refractivity contribution in [2.24, 2.45) is 0 Å². The molecule has 0 rings (SSSR count). The van der Waals surface area contributed by atoms with E-state index in [0.29, 0.717) is 0 Å². The molecule has 1 unspecified atom stereocenters. The molecule has 272 valence electrons. The van der Waals surface area contributed by atoms with Gasteiger partial charge >= 0.3 is 5.97 Å². The van der Waals surface area contributed by atoms with Gasteiger partial charge in [-0.05, 0) is 105 Å². The highest BCUT2D eigenvalue weighted by Crippen LogP contribution is 2.17. The molecular weight excluding hydrogens is 594 g/mol. The van der Waals surface area contributed by atoms with Gasteiger partial charge in [-0.15, -0.1) is 0 Å². The highest BCUT2D eigenvalue weighted by atomic mass is 16.6. The van der Waals surface area contributed by atoms with Crippen LogP contribution in [0, 0.1) is 0 Å². The van der Waals surface area contributed by atoms with Crippen molar-refractivity contribution < 1.29 is 19.1 Å². The van der Waals surface area contributed by atoms with Crippen LogP contribution in [0.25, 0.3) is 0 Å². The molecule has 0 aliphatic heterocycles. The fraction of sp³-hybridized carbons (Fsp3) is 0.651. The highest BCUT2D eigenvalue weighted by Gasteiger charge is 2.33. The van der Waals surface area contributed by atoms with Crippen LogP contribution >= 0.6 is 0 Å². The van der Waals surface area contributed by atoms with Crippen molar-refractivity contribution in [2.75, 3.05) is 0 Å². The molecule has 0 aliphatic carbocycles. The lowest BCUT2D eigenvalue weighted by Crippen LogP contribution is -2.49. The van der Waals surface area contributed by atoms with Crippen molar-refractivity contribution in [3.05, 3.63) is 72.9 Å². The van der Waals surface area contributed by atoms with Crippen LogP contribution in [0.3, 0.4) is 0 Å². The van der Waals surface area contributed by atoms with Crippen LogP contribution in [0.5, 0.6) is 0 Å². The maximum Gasteiger partial charge on any atom is 0.329 e. The Bertz CT molecular complexity index is 944. The molecular formula is C43H71NO4. The number of hydrogen-bond donors (Lipinski definition) is 0. The quantitative estimate of drug-likeness (QED) is 0.0474. The number of allylic oxidation sites excluding steroid dienone is 12. The summed E-state index contributed by atoms with van der Waals surface area (Å²) in [5.74, 6) is -1.06. The van der Waals surface area contributed by atoms with Gasteiger partial charge in [0.1, 0.15) is 11.6 Å². The first-order valence-corrected chi connectivity index (χ1v) is 19.1. The van der Waals surface area contributed by atoms with Crippen LogP contribution in [0.4, 0.5) is 0 Å². The van der Waals surface area contributed by atoms with E-state index in [-0.39, 0.29) is 24.7 Å². The Hall–Kier alpha value is -2.95. The topological polar surface area (TPSA) is 63.7 Å². The Morgan fingerprint density at radius 2 is 0.854 bits per heavy atom. The molecule has 0 aliphatic rings. The molecule has 0 saturated carbocycles. The van der Waals surface area contributed by atoms with E-state index in [1.807, 2.05) is 0 Å². The minimum atomic E-state index is -0.923. The number of amides is 2. The Morgan fingerprint density at radius 3 is 1.23 bits per heavy atom. The van der Waals surface area contributed by atoms with Crippen molar-refractivity contribution in [3.63, 3.8) is 0 Å². The van der Waals surface area contributed by atoms with Crippen LogP contribution in [0.1, 0.15) is 170 Å². The zero-order valence-corrected chi connectivity index (χ0v) is 31.7. The van der Waals surface area contributed by atoms with Crippen LogP contribution in [-0.4, -0.2) is 34.3 Å². The van der Waals surface area contributed by atoms with E-state index in [4.69, 9.17) is 4.74 Å². The van der Waals surface area contributed by atoms with Gasteiger partial charge in [-0.1, -0.05) is 125 Å². The summed E-state index contributed by atoms with van der Waals surface area (Å²) in [5.41, 5.74) is -0.682. The summed E-state index contributed by atoms with van der Waals surface area (Å²) < 4.78 is 5.53. The first-order chi connectivity index (χ1) is 23.1. The molecule has 0 bridgehead atoms. The minimum absolute atomic E-state index is 0.265. The molecule has 48 heavy (non-hydrogen) atoms. The highest BCUT2D eigenvalue weighted by molar-refractivity contribution is 5.99. The van der Waals surface area contributed by atoms with Gasteiger partial charge < -0.3 is 4.74 Å². The lowest BCUT2D eigenvalue weighted by molar-refractivity contribution is -0.168. The molecule has 0 aromatic rings. The van der Waals surface area contributed by atoms with E-state index in [2.05, 4.69) is 86.8 Å².